The molecule has 2 heterocycles. The fraction of sp³-hybridized carbons (Fsp3) is 0.360. The summed E-state index contributed by atoms with van der Waals surface area (Å²) < 4.78 is 25.5. The lowest BCUT2D eigenvalue weighted by molar-refractivity contribution is -0.131. The molecule has 2 aliphatic heterocycles. The normalized spacial score (nSPS) is 17.8. The largest absolute Gasteiger partial charge is 0.368 e. The summed E-state index contributed by atoms with van der Waals surface area (Å²) in [5.41, 5.74) is 2.61. The van der Waals surface area contributed by atoms with Gasteiger partial charge in [0.05, 0.1) is 11.4 Å². The van der Waals surface area contributed by atoms with Gasteiger partial charge in [0.15, 0.2) is 0 Å². The third-order valence-corrected chi connectivity index (χ3v) is 7.97. The van der Waals surface area contributed by atoms with Gasteiger partial charge < -0.3 is 15.1 Å². The number of nitrogens with one attached hydrogen (secondary N) is 1. The Morgan fingerprint density at radius 2 is 1.59 bits per heavy atom. The summed E-state index contributed by atoms with van der Waals surface area (Å²) >= 11 is 0. The van der Waals surface area contributed by atoms with Crippen LogP contribution in [0.2, 0.25) is 0 Å². The Bertz CT molecular complexity index is 1130. The van der Waals surface area contributed by atoms with Crippen LogP contribution in [0.1, 0.15) is 18.4 Å². The van der Waals surface area contributed by atoms with Crippen molar-refractivity contribution in [2.75, 3.05) is 54.2 Å². The Hall–Kier alpha value is -3.33. The average Bonchev–Trinajstić information content (AvgIpc) is 3.22. The highest BCUT2D eigenvalue weighted by Gasteiger charge is 2.28. The van der Waals surface area contributed by atoms with Gasteiger partial charge in [0, 0.05) is 57.5 Å². The lowest BCUT2D eigenvalue weighted by Crippen LogP contribution is -2.49. The Morgan fingerprint density at radius 1 is 0.882 bits per heavy atom. The summed E-state index contributed by atoms with van der Waals surface area (Å²) in [4.78, 5) is 28.7. The zero-order chi connectivity index (χ0) is 24.0. The first-order valence-electron chi connectivity index (χ1n) is 11.6. The molecule has 2 aromatic carbocycles. The molecule has 2 aromatic rings. The van der Waals surface area contributed by atoms with E-state index in [0.717, 1.165) is 18.7 Å². The van der Waals surface area contributed by atoms with Crippen LogP contribution in [0.15, 0.2) is 60.7 Å². The summed E-state index contributed by atoms with van der Waals surface area (Å²) in [6.07, 6.45) is 3.99. The van der Waals surface area contributed by atoms with Crippen LogP contribution in [0.4, 0.5) is 11.4 Å². The molecule has 2 fully saturated rings. The number of piperazine rings is 1. The zero-order valence-corrected chi connectivity index (χ0v) is 19.9. The SMILES string of the molecule is O=C(/C=C/c1ccc(N2CCCS2(=O)=O)cc1)NCCC(=O)N1CCN(c2ccccc2)CC1. The third kappa shape index (κ3) is 5.96. The zero-order valence-electron chi connectivity index (χ0n) is 19.1. The minimum atomic E-state index is -3.20. The average molecular weight is 483 g/mol. The smallest absolute Gasteiger partial charge is 0.244 e. The molecule has 0 atom stereocenters. The monoisotopic (exact) mass is 482 g/mol. The maximum absolute atomic E-state index is 12.5. The Balaban J connectivity index is 1.18. The predicted molar refractivity (Wildman–Crippen MR) is 134 cm³/mol. The van der Waals surface area contributed by atoms with Gasteiger partial charge in [-0.05, 0) is 42.3 Å². The second kappa shape index (κ2) is 10.7. The van der Waals surface area contributed by atoms with Crippen LogP contribution < -0.4 is 14.5 Å². The van der Waals surface area contributed by atoms with Gasteiger partial charge in [-0.2, -0.15) is 0 Å². The number of para-hydroxylation sites is 1. The maximum Gasteiger partial charge on any atom is 0.244 e. The third-order valence-electron chi connectivity index (χ3n) is 6.10. The van der Waals surface area contributed by atoms with Gasteiger partial charge in [-0.25, -0.2) is 8.42 Å². The molecular weight excluding hydrogens is 452 g/mol. The first-order valence-corrected chi connectivity index (χ1v) is 13.2. The first kappa shape index (κ1) is 23.8. The van der Waals surface area contributed by atoms with Gasteiger partial charge in [0.1, 0.15) is 0 Å². The molecule has 1 N–H and O–H groups in total. The van der Waals surface area contributed by atoms with Crippen LogP contribution >= 0.6 is 0 Å². The highest BCUT2D eigenvalue weighted by Crippen LogP contribution is 2.24. The molecule has 34 heavy (non-hydrogen) atoms. The molecule has 2 aliphatic rings. The Kier molecular flexibility index (Phi) is 7.52. The fourth-order valence-electron chi connectivity index (χ4n) is 4.22. The van der Waals surface area contributed by atoms with E-state index in [1.807, 2.05) is 23.1 Å². The van der Waals surface area contributed by atoms with E-state index in [1.165, 1.54) is 16.1 Å². The molecule has 0 unspecified atom stereocenters. The molecule has 0 aromatic heterocycles. The van der Waals surface area contributed by atoms with Crippen LogP contribution in [0.3, 0.4) is 0 Å². The minimum Gasteiger partial charge on any atom is -0.368 e. The number of amides is 2. The summed E-state index contributed by atoms with van der Waals surface area (Å²) in [6.45, 7) is 3.74. The Labute approximate surface area is 200 Å². The summed E-state index contributed by atoms with van der Waals surface area (Å²) in [7, 11) is -3.20. The number of hydrogen-bond donors (Lipinski definition) is 1. The van der Waals surface area contributed by atoms with Crippen molar-refractivity contribution >= 4 is 39.3 Å². The van der Waals surface area contributed by atoms with Crippen LogP contribution in [-0.4, -0.2) is 70.2 Å². The van der Waals surface area contributed by atoms with E-state index in [4.69, 9.17) is 0 Å². The van der Waals surface area contributed by atoms with E-state index in [9.17, 15) is 18.0 Å². The summed E-state index contributed by atoms with van der Waals surface area (Å²) in [5, 5.41) is 2.75. The van der Waals surface area contributed by atoms with Gasteiger partial charge in [-0.15, -0.1) is 0 Å². The van der Waals surface area contributed by atoms with Crippen molar-refractivity contribution in [3.8, 4) is 0 Å². The van der Waals surface area contributed by atoms with E-state index in [2.05, 4.69) is 22.3 Å². The van der Waals surface area contributed by atoms with E-state index in [-0.39, 0.29) is 30.5 Å². The van der Waals surface area contributed by atoms with Gasteiger partial charge in [-0.3, -0.25) is 13.9 Å². The standard InChI is InChI=1S/C25H30N4O4S/c30-24(12-9-21-7-10-23(11-8-21)29-15-4-20-34(29,32)33)26-14-13-25(31)28-18-16-27(17-19-28)22-5-2-1-3-6-22/h1-3,5-12H,4,13-20H2,(H,26,30)/b12-9+. The second-order valence-corrected chi connectivity index (χ2v) is 10.4. The van der Waals surface area contributed by atoms with E-state index < -0.39 is 10.0 Å². The van der Waals surface area contributed by atoms with E-state index in [1.54, 1.807) is 30.3 Å². The molecule has 180 valence electrons. The van der Waals surface area contributed by atoms with Crippen LogP contribution in [-0.2, 0) is 19.6 Å². The predicted octanol–water partition coefficient (Wildman–Crippen LogP) is 2.09. The summed E-state index contributed by atoms with van der Waals surface area (Å²) in [6, 6.07) is 17.2. The van der Waals surface area contributed by atoms with Crippen molar-refractivity contribution in [2.24, 2.45) is 0 Å². The summed E-state index contributed by atoms with van der Waals surface area (Å²) in [5.74, 6) is -0.0429. The molecule has 8 nitrogen and oxygen atoms in total. The molecule has 0 saturated carbocycles. The molecule has 0 aliphatic carbocycles. The molecule has 2 amide bonds. The lowest BCUT2D eigenvalue weighted by Gasteiger charge is -2.36. The van der Waals surface area contributed by atoms with Crippen LogP contribution in [0, 0.1) is 0 Å². The molecule has 2 saturated heterocycles. The van der Waals surface area contributed by atoms with E-state index in [0.29, 0.717) is 31.7 Å². The number of benzene rings is 2. The lowest BCUT2D eigenvalue weighted by atomic mass is 10.2. The topological polar surface area (TPSA) is 90.0 Å². The van der Waals surface area contributed by atoms with Crippen LogP contribution in [0.5, 0.6) is 0 Å². The highest BCUT2D eigenvalue weighted by atomic mass is 32.2. The molecule has 0 bridgehead atoms. The van der Waals surface area contributed by atoms with Crippen molar-refractivity contribution in [1.29, 1.82) is 0 Å². The quantitative estimate of drug-likeness (QED) is 0.611. The van der Waals surface area contributed by atoms with E-state index >= 15 is 0 Å². The number of rotatable bonds is 7. The number of carbonyl (C=O) groups is 2. The number of carbonyl (C=O) groups excluding carboxylic acids is 2. The highest BCUT2D eigenvalue weighted by molar-refractivity contribution is 7.93. The van der Waals surface area contributed by atoms with Crippen molar-refractivity contribution in [1.82, 2.24) is 10.2 Å². The number of hydrogen-bond acceptors (Lipinski definition) is 5. The van der Waals surface area contributed by atoms with Gasteiger partial charge in [-0.1, -0.05) is 30.3 Å². The van der Waals surface area contributed by atoms with Crippen molar-refractivity contribution in [3.05, 3.63) is 66.2 Å². The Morgan fingerprint density at radius 3 is 2.24 bits per heavy atom. The number of sulfonamides is 1. The molecule has 4 rings (SSSR count). The van der Waals surface area contributed by atoms with Crippen molar-refractivity contribution in [3.63, 3.8) is 0 Å². The van der Waals surface area contributed by atoms with Crippen molar-refractivity contribution in [2.45, 2.75) is 12.8 Å². The molecule has 9 heteroatoms. The molecular formula is C25H30N4O4S. The molecule has 0 spiro atoms. The second-order valence-electron chi connectivity index (χ2n) is 8.41. The van der Waals surface area contributed by atoms with Gasteiger partial charge in [0.2, 0.25) is 21.8 Å². The minimum absolute atomic E-state index is 0.0458. The fourth-order valence-corrected chi connectivity index (χ4v) is 5.78. The number of anilines is 2. The molecule has 0 radical (unpaired) electrons. The first-order chi connectivity index (χ1) is 16.4. The maximum atomic E-state index is 12.5. The number of nitrogens with zero attached hydrogens (tertiary/aromatic N) is 3. The van der Waals surface area contributed by atoms with Gasteiger partial charge >= 0.3 is 0 Å². The van der Waals surface area contributed by atoms with Crippen molar-refractivity contribution < 1.29 is 18.0 Å². The van der Waals surface area contributed by atoms with Crippen LogP contribution in [0.25, 0.3) is 6.08 Å². The van der Waals surface area contributed by atoms with Gasteiger partial charge in [0.25, 0.3) is 0 Å².